The smallest absolute Gasteiger partial charge is 0.0626 e. The van der Waals surface area contributed by atoms with E-state index < -0.39 is 0 Å². The van der Waals surface area contributed by atoms with Crippen molar-refractivity contribution in [3.05, 3.63) is 34.9 Å². The first kappa shape index (κ1) is 15.2. The lowest BCUT2D eigenvalue weighted by molar-refractivity contribution is 0.0616. The maximum atomic E-state index is 5.72. The summed E-state index contributed by atoms with van der Waals surface area (Å²) in [5.74, 6) is 0. The Morgan fingerprint density at radius 3 is 2.44 bits per heavy atom. The Morgan fingerprint density at radius 2 is 1.89 bits per heavy atom. The SMILES string of the molecule is CCNC(COC(C)C)Cc1ccc(C)c(C)c1. The summed E-state index contributed by atoms with van der Waals surface area (Å²) in [7, 11) is 0. The third-order valence-electron chi connectivity index (χ3n) is 3.18. The van der Waals surface area contributed by atoms with E-state index in [0.717, 1.165) is 19.6 Å². The highest BCUT2D eigenvalue weighted by atomic mass is 16.5. The second-order valence-electron chi connectivity index (χ2n) is 5.26. The van der Waals surface area contributed by atoms with Crippen molar-refractivity contribution in [1.82, 2.24) is 5.32 Å². The fraction of sp³-hybridized carbons (Fsp3) is 0.625. The van der Waals surface area contributed by atoms with Gasteiger partial charge in [0, 0.05) is 6.04 Å². The summed E-state index contributed by atoms with van der Waals surface area (Å²) in [5, 5.41) is 3.50. The summed E-state index contributed by atoms with van der Waals surface area (Å²) in [6.07, 6.45) is 1.33. The Hall–Kier alpha value is -0.860. The zero-order chi connectivity index (χ0) is 13.5. The molecule has 1 aromatic rings. The molecule has 1 atom stereocenters. The molecule has 0 aliphatic rings. The maximum Gasteiger partial charge on any atom is 0.0626 e. The van der Waals surface area contributed by atoms with Gasteiger partial charge in [-0.25, -0.2) is 0 Å². The first-order chi connectivity index (χ1) is 8.52. The normalized spacial score (nSPS) is 13.0. The molecule has 0 aliphatic carbocycles. The van der Waals surface area contributed by atoms with E-state index in [1.807, 2.05) is 0 Å². The lowest BCUT2D eigenvalue weighted by atomic mass is 10.0. The van der Waals surface area contributed by atoms with E-state index in [1.165, 1.54) is 16.7 Å². The Kier molecular flexibility index (Phi) is 6.37. The Bertz CT molecular complexity index is 360. The van der Waals surface area contributed by atoms with Gasteiger partial charge in [0.05, 0.1) is 12.7 Å². The minimum atomic E-state index is 0.297. The molecule has 1 aromatic carbocycles. The van der Waals surface area contributed by atoms with Crippen LogP contribution in [-0.2, 0) is 11.2 Å². The van der Waals surface area contributed by atoms with Gasteiger partial charge in [0.25, 0.3) is 0 Å². The molecule has 0 aliphatic heterocycles. The quantitative estimate of drug-likeness (QED) is 0.801. The van der Waals surface area contributed by atoms with Crippen LogP contribution in [0.4, 0.5) is 0 Å². The van der Waals surface area contributed by atoms with Crippen LogP contribution in [0.5, 0.6) is 0 Å². The summed E-state index contributed by atoms with van der Waals surface area (Å²) in [5.41, 5.74) is 4.11. The molecule has 1 N–H and O–H groups in total. The van der Waals surface area contributed by atoms with Crippen LogP contribution in [0.25, 0.3) is 0 Å². The average molecular weight is 249 g/mol. The van der Waals surface area contributed by atoms with Gasteiger partial charge in [0.15, 0.2) is 0 Å². The number of nitrogens with one attached hydrogen (secondary N) is 1. The molecule has 0 fully saturated rings. The topological polar surface area (TPSA) is 21.3 Å². The van der Waals surface area contributed by atoms with Gasteiger partial charge >= 0.3 is 0 Å². The van der Waals surface area contributed by atoms with Crippen LogP contribution >= 0.6 is 0 Å². The van der Waals surface area contributed by atoms with E-state index in [1.54, 1.807) is 0 Å². The van der Waals surface area contributed by atoms with Crippen molar-refractivity contribution < 1.29 is 4.74 Å². The summed E-state index contributed by atoms with van der Waals surface area (Å²) in [6, 6.07) is 7.12. The molecule has 0 bridgehead atoms. The molecule has 2 heteroatoms. The molecule has 0 saturated heterocycles. The number of likely N-dealkylation sites (N-methyl/N-ethyl adjacent to an activating group) is 1. The van der Waals surface area contributed by atoms with Gasteiger partial charge in [0.2, 0.25) is 0 Å². The van der Waals surface area contributed by atoms with Crippen LogP contribution in [0.3, 0.4) is 0 Å². The number of benzene rings is 1. The number of hydrogen-bond acceptors (Lipinski definition) is 2. The van der Waals surface area contributed by atoms with Crippen molar-refractivity contribution in [2.45, 2.75) is 53.2 Å². The lowest BCUT2D eigenvalue weighted by Gasteiger charge is -2.20. The van der Waals surface area contributed by atoms with Gasteiger partial charge in [-0.05, 0) is 57.4 Å². The zero-order valence-electron chi connectivity index (χ0n) is 12.4. The van der Waals surface area contributed by atoms with Crippen molar-refractivity contribution in [2.24, 2.45) is 0 Å². The monoisotopic (exact) mass is 249 g/mol. The largest absolute Gasteiger partial charge is 0.377 e. The van der Waals surface area contributed by atoms with Crippen LogP contribution < -0.4 is 5.32 Å². The first-order valence-corrected chi connectivity index (χ1v) is 6.94. The fourth-order valence-electron chi connectivity index (χ4n) is 2.00. The molecule has 0 saturated carbocycles. The molecule has 102 valence electrons. The minimum Gasteiger partial charge on any atom is -0.377 e. The summed E-state index contributed by atoms with van der Waals surface area (Å²) < 4.78 is 5.72. The van der Waals surface area contributed by atoms with Crippen molar-refractivity contribution in [3.8, 4) is 0 Å². The Morgan fingerprint density at radius 1 is 1.17 bits per heavy atom. The Balaban J connectivity index is 2.61. The zero-order valence-corrected chi connectivity index (χ0v) is 12.4. The first-order valence-electron chi connectivity index (χ1n) is 6.94. The third-order valence-corrected chi connectivity index (χ3v) is 3.18. The molecule has 0 heterocycles. The molecule has 1 unspecified atom stereocenters. The summed E-state index contributed by atoms with van der Waals surface area (Å²) in [6.45, 7) is 12.4. The number of ether oxygens (including phenoxy) is 1. The Labute approximate surface area is 112 Å². The molecule has 0 aromatic heterocycles. The van der Waals surface area contributed by atoms with Crippen molar-refractivity contribution in [1.29, 1.82) is 0 Å². The van der Waals surface area contributed by atoms with Crippen LogP contribution in [0, 0.1) is 13.8 Å². The minimum absolute atomic E-state index is 0.297. The highest BCUT2D eigenvalue weighted by molar-refractivity contribution is 5.30. The second kappa shape index (κ2) is 7.55. The number of hydrogen-bond donors (Lipinski definition) is 1. The third kappa shape index (κ3) is 5.19. The molecular weight excluding hydrogens is 222 g/mol. The highest BCUT2D eigenvalue weighted by Crippen LogP contribution is 2.12. The van der Waals surface area contributed by atoms with E-state index in [4.69, 9.17) is 4.74 Å². The van der Waals surface area contributed by atoms with Gasteiger partial charge in [-0.15, -0.1) is 0 Å². The fourth-order valence-corrected chi connectivity index (χ4v) is 2.00. The van der Waals surface area contributed by atoms with Gasteiger partial charge in [-0.1, -0.05) is 25.1 Å². The van der Waals surface area contributed by atoms with Crippen LogP contribution in [-0.4, -0.2) is 25.3 Å². The lowest BCUT2D eigenvalue weighted by Crippen LogP contribution is -2.36. The van der Waals surface area contributed by atoms with E-state index in [-0.39, 0.29) is 0 Å². The van der Waals surface area contributed by atoms with Crippen molar-refractivity contribution in [2.75, 3.05) is 13.2 Å². The van der Waals surface area contributed by atoms with Crippen LogP contribution in [0.2, 0.25) is 0 Å². The predicted molar refractivity (Wildman–Crippen MR) is 78.2 cm³/mol. The van der Waals surface area contributed by atoms with Crippen LogP contribution in [0.1, 0.15) is 37.5 Å². The molecular formula is C16H27NO. The van der Waals surface area contributed by atoms with Gasteiger partial charge in [-0.2, -0.15) is 0 Å². The molecule has 0 spiro atoms. The van der Waals surface area contributed by atoms with Crippen molar-refractivity contribution in [3.63, 3.8) is 0 Å². The molecule has 1 rings (SSSR count). The van der Waals surface area contributed by atoms with Gasteiger partial charge in [0.1, 0.15) is 0 Å². The number of rotatable bonds is 7. The number of aryl methyl sites for hydroxylation is 2. The van der Waals surface area contributed by atoms with E-state index in [2.05, 4.69) is 58.1 Å². The highest BCUT2D eigenvalue weighted by Gasteiger charge is 2.10. The summed E-state index contributed by atoms with van der Waals surface area (Å²) in [4.78, 5) is 0. The van der Waals surface area contributed by atoms with E-state index >= 15 is 0 Å². The average Bonchev–Trinajstić information content (AvgIpc) is 2.31. The molecule has 2 nitrogen and oxygen atoms in total. The second-order valence-corrected chi connectivity index (χ2v) is 5.26. The predicted octanol–water partition coefficient (Wildman–Crippen LogP) is 3.25. The maximum absolute atomic E-state index is 5.72. The van der Waals surface area contributed by atoms with Gasteiger partial charge in [-0.3, -0.25) is 0 Å². The molecule has 18 heavy (non-hydrogen) atoms. The summed E-state index contributed by atoms with van der Waals surface area (Å²) >= 11 is 0. The van der Waals surface area contributed by atoms with E-state index in [9.17, 15) is 0 Å². The van der Waals surface area contributed by atoms with E-state index in [0.29, 0.717) is 12.1 Å². The van der Waals surface area contributed by atoms with Crippen molar-refractivity contribution >= 4 is 0 Å². The molecule has 0 radical (unpaired) electrons. The van der Waals surface area contributed by atoms with Crippen LogP contribution in [0.15, 0.2) is 18.2 Å². The van der Waals surface area contributed by atoms with Gasteiger partial charge < -0.3 is 10.1 Å². The molecule has 0 amide bonds. The standard InChI is InChI=1S/C16H27NO/c1-6-17-16(11-18-12(2)3)10-15-8-7-13(4)14(5)9-15/h7-9,12,16-17H,6,10-11H2,1-5H3.